The Hall–Kier alpha value is -7.05. The molecule has 4 bridgehead atoms. The van der Waals surface area contributed by atoms with Crippen LogP contribution >= 0.6 is 11.8 Å². The Bertz CT molecular complexity index is 2730. The summed E-state index contributed by atoms with van der Waals surface area (Å²) in [6.07, 6.45) is -1.39. The lowest BCUT2D eigenvalue weighted by Gasteiger charge is -2.55. The van der Waals surface area contributed by atoms with Gasteiger partial charge in [-0.15, -0.1) is 0 Å². The number of rotatable bonds is 40. The van der Waals surface area contributed by atoms with Crippen molar-refractivity contribution in [3.8, 4) is 0 Å². The van der Waals surface area contributed by atoms with Crippen molar-refractivity contribution >= 4 is 112 Å². The number of aliphatic hydroxyl groups excluding tert-OH is 4. The van der Waals surface area contributed by atoms with Gasteiger partial charge in [0, 0.05) is 42.6 Å². The van der Waals surface area contributed by atoms with E-state index in [1.54, 1.807) is 0 Å². The minimum atomic E-state index is -4.20. The van der Waals surface area contributed by atoms with E-state index in [4.69, 9.17) is 4.74 Å². The van der Waals surface area contributed by atoms with E-state index in [0.29, 0.717) is 42.9 Å². The van der Waals surface area contributed by atoms with Crippen LogP contribution < -0.4 is 53.2 Å². The number of carbonyl (C=O) groups excluding carboxylic acids is 14. The van der Waals surface area contributed by atoms with Gasteiger partial charge in [0.15, 0.2) is 16.1 Å². The first-order valence-electron chi connectivity index (χ1n) is 30.0. The van der Waals surface area contributed by atoms with Crippen LogP contribution in [0, 0.1) is 23.2 Å². The summed E-state index contributed by atoms with van der Waals surface area (Å²) in [6, 6.07) is -14.7. The molecule has 35 heteroatoms. The van der Waals surface area contributed by atoms with E-state index in [1.807, 2.05) is 5.32 Å². The Labute approximate surface area is 529 Å². The molecule has 510 valence electrons. The van der Waals surface area contributed by atoms with Crippen LogP contribution in [-0.2, 0) is 86.5 Å². The summed E-state index contributed by atoms with van der Waals surface area (Å²) in [6.45, 7) is 4.07. The van der Waals surface area contributed by atoms with Crippen LogP contribution in [0.25, 0.3) is 0 Å². The van der Waals surface area contributed by atoms with E-state index in [0.717, 1.165) is 57.2 Å². The average molecular weight is 1330 g/mol. The summed E-state index contributed by atoms with van der Waals surface area (Å²) < 4.78 is 30.3. The largest absolute Gasteiger partial charge is 0.480 e. The average Bonchev–Trinajstić information content (AvgIpc) is 0.859. The number of nitrogens with one attached hydrogen (secondary N) is 10. The van der Waals surface area contributed by atoms with Crippen LogP contribution in [0.2, 0.25) is 0 Å². The monoisotopic (exact) mass is 1330 g/mol. The van der Waals surface area contributed by atoms with Crippen molar-refractivity contribution in [2.24, 2.45) is 23.2 Å². The number of carbonyl (C=O) groups is 15. The van der Waals surface area contributed by atoms with Crippen molar-refractivity contribution in [1.82, 2.24) is 53.2 Å². The Morgan fingerprint density at radius 2 is 0.879 bits per heavy atom. The number of aldehydes is 4. The Morgan fingerprint density at radius 3 is 1.22 bits per heavy atom. The molecule has 0 aromatic rings. The van der Waals surface area contributed by atoms with Gasteiger partial charge < -0.3 is 103 Å². The first-order chi connectivity index (χ1) is 42.9. The normalized spacial score (nSPS) is 25.2. The van der Waals surface area contributed by atoms with Gasteiger partial charge in [0.2, 0.25) is 59.1 Å². The Kier molecular flexibility index (Phi) is 30.4. The van der Waals surface area contributed by atoms with Gasteiger partial charge in [-0.3, -0.25) is 47.9 Å². The highest BCUT2D eigenvalue weighted by atomic mass is 32.2. The SMILES string of the molecule is CC(NC(=O)C(CCC=O)NC(=O)C(C)NC(=O)C(CCC=O)NC(=O)C(C)NC(=O)C(CCC=O)NC(=O)C(C)NC(=O)C(CCC=O)NC(=O)C12CC3CC(CC(C3)C1)C2)C(=O)NC(CSCCS(=O)(=O)CC(=O)NC1C(O)O[C@H](CO)[C@H](O)[C@@H]1O)C(=O)O. The van der Waals surface area contributed by atoms with E-state index in [-0.39, 0.29) is 63.0 Å². The number of thioether (sulfide) groups is 1. The lowest BCUT2D eigenvalue weighted by Crippen LogP contribution is -2.64. The summed E-state index contributed by atoms with van der Waals surface area (Å²) in [5.74, 6) is -12.0. The summed E-state index contributed by atoms with van der Waals surface area (Å²) in [5.41, 5.74) is -0.606. The molecule has 91 heavy (non-hydrogen) atoms. The predicted octanol–water partition coefficient (Wildman–Crippen LogP) is -6.29. The predicted molar refractivity (Wildman–Crippen MR) is 317 cm³/mol. The highest BCUT2D eigenvalue weighted by Crippen LogP contribution is 2.60. The molecule has 0 aromatic carbocycles. The number of amides is 10. The first-order valence-corrected chi connectivity index (χ1v) is 33.0. The number of hydrogen-bond acceptors (Lipinski definition) is 23. The third-order valence-electron chi connectivity index (χ3n) is 16.4. The van der Waals surface area contributed by atoms with Crippen LogP contribution in [0.15, 0.2) is 0 Å². The van der Waals surface area contributed by atoms with Gasteiger partial charge in [0.25, 0.3) is 0 Å². The maximum atomic E-state index is 13.8. The van der Waals surface area contributed by atoms with Gasteiger partial charge >= 0.3 is 5.97 Å². The van der Waals surface area contributed by atoms with E-state index < -0.39 is 183 Å². The number of aliphatic hydroxyl groups is 4. The van der Waals surface area contributed by atoms with Crippen molar-refractivity contribution in [1.29, 1.82) is 0 Å². The highest BCUT2D eigenvalue weighted by molar-refractivity contribution is 8.00. The molecule has 0 spiro atoms. The summed E-state index contributed by atoms with van der Waals surface area (Å²) in [5, 5.41) is 73.1. The second-order valence-corrected chi connectivity index (χ2v) is 27.0. The number of sulfone groups is 1. The lowest BCUT2D eigenvalue weighted by atomic mass is 9.49. The second-order valence-electron chi connectivity index (χ2n) is 23.7. The molecule has 1 heterocycles. The van der Waals surface area contributed by atoms with Crippen LogP contribution in [-0.4, -0.2) is 239 Å². The molecule has 0 aromatic heterocycles. The van der Waals surface area contributed by atoms with E-state index in [2.05, 4.69) is 47.9 Å². The van der Waals surface area contributed by atoms with Gasteiger partial charge in [0.1, 0.15) is 110 Å². The fourth-order valence-corrected chi connectivity index (χ4v) is 14.5. The third-order valence-corrected chi connectivity index (χ3v) is 19.2. The highest BCUT2D eigenvalue weighted by Gasteiger charge is 2.55. The lowest BCUT2D eigenvalue weighted by molar-refractivity contribution is -0.253. The Morgan fingerprint density at radius 1 is 0.527 bits per heavy atom. The van der Waals surface area contributed by atoms with Gasteiger partial charge in [-0.1, -0.05) is 0 Å². The second kappa shape index (κ2) is 36.3. The van der Waals surface area contributed by atoms with Crippen molar-refractivity contribution in [2.45, 2.75) is 203 Å². The van der Waals surface area contributed by atoms with Gasteiger partial charge in [-0.05, 0) is 110 Å². The summed E-state index contributed by atoms with van der Waals surface area (Å²) in [7, 11) is -4.20. The topological polar surface area (TPSA) is 521 Å². The molecule has 11 unspecified atom stereocenters. The van der Waals surface area contributed by atoms with Gasteiger partial charge in [0.05, 0.1) is 12.4 Å². The number of carboxylic acid groups (broad SMARTS) is 1. The minimum absolute atomic E-state index is 0.0377. The molecule has 5 rings (SSSR count). The van der Waals surface area contributed by atoms with Crippen molar-refractivity contribution < 1.29 is 111 Å². The molecule has 15 N–H and O–H groups in total. The Balaban J connectivity index is 1.27. The van der Waals surface area contributed by atoms with Crippen LogP contribution in [0.1, 0.15) is 118 Å². The van der Waals surface area contributed by atoms with Gasteiger partial charge in [-0.2, -0.15) is 11.8 Å². The molecule has 10 amide bonds. The summed E-state index contributed by atoms with van der Waals surface area (Å²) >= 11 is 0.748. The van der Waals surface area contributed by atoms with E-state index >= 15 is 0 Å². The molecule has 5 fully saturated rings. The third kappa shape index (κ3) is 23.2. The molecular formula is C56H86N10O23S2. The zero-order valence-corrected chi connectivity index (χ0v) is 52.6. The quantitative estimate of drug-likeness (QED) is 0.0200. The minimum Gasteiger partial charge on any atom is -0.480 e. The number of aliphatic carboxylic acids is 1. The molecule has 1 saturated heterocycles. The molecule has 14 atom stereocenters. The fourth-order valence-electron chi connectivity index (χ4n) is 11.7. The zero-order chi connectivity index (χ0) is 67.9. The van der Waals surface area contributed by atoms with Crippen molar-refractivity contribution in [3.63, 3.8) is 0 Å². The smallest absolute Gasteiger partial charge is 0.327 e. The molecule has 5 aliphatic rings. The van der Waals surface area contributed by atoms with E-state index in [1.165, 1.54) is 20.8 Å². The van der Waals surface area contributed by atoms with Crippen molar-refractivity contribution in [2.75, 3.05) is 29.6 Å². The number of hydrogen-bond donors (Lipinski definition) is 15. The zero-order valence-electron chi connectivity index (χ0n) is 51.0. The number of carboxylic acids is 1. The summed E-state index contributed by atoms with van der Waals surface area (Å²) in [4.78, 5) is 192. The van der Waals surface area contributed by atoms with Crippen LogP contribution in [0.4, 0.5) is 0 Å². The molecular weight excluding hydrogens is 1240 g/mol. The maximum Gasteiger partial charge on any atom is 0.327 e. The van der Waals surface area contributed by atoms with Crippen LogP contribution in [0.5, 0.6) is 0 Å². The molecule has 33 nitrogen and oxygen atoms in total. The molecule has 4 saturated carbocycles. The maximum absolute atomic E-state index is 13.8. The number of ether oxygens (including phenoxy) is 1. The van der Waals surface area contributed by atoms with Gasteiger partial charge in [-0.25, -0.2) is 13.2 Å². The van der Waals surface area contributed by atoms with E-state index in [9.17, 15) is 106 Å². The van der Waals surface area contributed by atoms with Crippen LogP contribution in [0.3, 0.4) is 0 Å². The standard InChI is InChI=1S/C56H86N10O23S2/c1-28(58-50(80)36(10-6-14-68)63-47(77)30(3)60-52(82)38(12-8-16-70)65-55(86)56-22-32-19-33(23-56)21-34(20-32)24-56)45(75)61-35(9-5-13-67)49(79)57-29(2)46(76)62-37(11-7-15-69)51(81)59-31(4)48(78)64-39(53(83)84)26-90-17-18-91(87,88)27-41(72)66-42-44(74)43(73)40(25-71)89-54(42)85/h13-16,28-40,42-44,54,71,73-74,85H,5-12,17-27H2,1-4H3,(H,57,79)(H,58,80)(H,59,81)(H,60,82)(H,61,75)(H,62,76)(H,63,77)(H,64,78)(H,65,86)(H,66,72)(H,83,84)/t28?,29?,30?,31?,32?,33?,34?,35?,36?,37?,38?,39?,40-,42?,43+,44-,54?,56?/m1/s1. The first kappa shape index (κ1) is 76.4. The van der Waals surface area contributed by atoms with Crippen molar-refractivity contribution in [3.05, 3.63) is 0 Å². The molecule has 0 radical (unpaired) electrons. The fraction of sp³-hybridized carbons (Fsp3) is 0.732. The molecule has 4 aliphatic carbocycles. The molecule has 1 aliphatic heterocycles.